The van der Waals surface area contributed by atoms with Crippen LogP contribution < -0.4 is 0 Å². The van der Waals surface area contributed by atoms with Gasteiger partial charge in [-0.3, -0.25) is 0 Å². The molecule has 0 aliphatic carbocycles. The molecule has 0 spiro atoms. The molecule has 0 rings (SSSR count). The molecule has 0 aromatic rings. The monoisotopic (exact) mass is 130 g/mol. The van der Waals surface area contributed by atoms with Gasteiger partial charge >= 0.3 is 0 Å². The van der Waals surface area contributed by atoms with Gasteiger partial charge in [0, 0.05) is 8.80 Å². The number of rotatable bonds is 3. The fraction of sp³-hybridized carbons (Fsp3) is 1.00. The standard InChI is InChI=1S/C7H18Si/c1-5-6-7(2)8(3)4/h7-8H,5-6H2,1-4H3. The zero-order chi connectivity index (χ0) is 6.57. The Morgan fingerprint density at radius 3 is 2.00 bits per heavy atom. The summed E-state index contributed by atoms with van der Waals surface area (Å²) in [4.78, 5) is 0. The Labute approximate surface area is 54.9 Å². The molecule has 0 amide bonds. The van der Waals surface area contributed by atoms with Crippen LogP contribution >= 0.6 is 0 Å². The Morgan fingerprint density at radius 2 is 1.88 bits per heavy atom. The van der Waals surface area contributed by atoms with Crippen LogP contribution in [0.25, 0.3) is 0 Å². The van der Waals surface area contributed by atoms with E-state index >= 15 is 0 Å². The summed E-state index contributed by atoms with van der Waals surface area (Å²) in [6.45, 7) is 9.52. The highest BCUT2D eigenvalue weighted by Gasteiger charge is 2.05. The molecular formula is C7H18Si. The normalized spacial score (nSPS) is 14.6. The van der Waals surface area contributed by atoms with Crippen LogP contribution in [0.2, 0.25) is 18.6 Å². The van der Waals surface area contributed by atoms with Crippen molar-refractivity contribution >= 4 is 8.80 Å². The fourth-order valence-corrected chi connectivity index (χ4v) is 1.79. The third-order valence-electron chi connectivity index (χ3n) is 1.88. The van der Waals surface area contributed by atoms with Gasteiger partial charge in [0.1, 0.15) is 0 Å². The quantitative estimate of drug-likeness (QED) is 0.515. The fourth-order valence-electron chi connectivity index (χ4n) is 0.789. The van der Waals surface area contributed by atoms with Gasteiger partial charge in [-0.05, 0) is 0 Å². The smallest absolute Gasteiger partial charge is 0.0334 e. The topological polar surface area (TPSA) is 0 Å². The molecule has 1 heteroatoms. The summed E-state index contributed by atoms with van der Waals surface area (Å²) in [5.74, 6) is 0. The van der Waals surface area contributed by atoms with Gasteiger partial charge < -0.3 is 0 Å². The highest BCUT2D eigenvalue weighted by atomic mass is 28.3. The number of hydrogen-bond acceptors (Lipinski definition) is 0. The van der Waals surface area contributed by atoms with E-state index in [0.29, 0.717) is 0 Å². The minimum atomic E-state index is -0.282. The predicted octanol–water partition coefficient (Wildman–Crippen LogP) is 2.66. The molecule has 0 aliphatic heterocycles. The Morgan fingerprint density at radius 1 is 1.38 bits per heavy atom. The molecule has 0 saturated carbocycles. The third kappa shape index (κ3) is 3.25. The molecule has 0 fully saturated rings. The summed E-state index contributed by atoms with van der Waals surface area (Å²) in [7, 11) is -0.282. The minimum absolute atomic E-state index is 0.282. The molecular weight excluding hydrogens is 112 g/mol. The maximum Gasteiger partial charge on any atom is 0.0334 e. The van der Waals surface area contributed by atoms with Gasteiger partial charge in [-0.2, -0.15) is 0 Å². The molecule has 1 atom stereocenters. The van der Waals surface area contributed by atoms with Gasteiger partial charge in [0.25, 0.3) is 0 Å². The van der Waals surface area contributed by atoms with Crippen molar-refractivity contribution in [2.24, 2.45) is 0 Å². The summed E-state index contributed by atoms with van der Waals surface area (Å²) in [5, 5.41) is 0. The molecule has 0 N–H and O–H groups in total. The highest BCUT2D eigenvalue weighted by molar-refractivity contribution is 6.57. The Bertz CT molecular complexity index is 50.3. The van der Waals surface area contributed by atoms with Crippen LogP contribution in [0, 0.1) is 0 Å². The summed E-state index contributed by atoms with van der Waals surface area (Å²) >= 11 is 0. The van der Waals surface area contributed by atoms with Crippen molar-refractivity contribution in [1.29, 1.82) is 0 Å². The lowest BCUT2D eigenvalue weighted by Gasteiger charge is -2.11. The third-order valence-corrected chi connectivity index (χ3v) is 4.49. The van der Waals surface area contributed by atoms with Crippen molar-refractivity contribution in [1.82, 2.24) is 0 Å². The SMILES string of the molecule is CCCC(C)[SiH](C)C. The van der Waals surface area contributed by atoms with E-state index in [0.717, 1.165) is 5.54 Å². The molecule has 8 heavy (non-hydrogen) atoms. The van der Waals surface area contributed by atoms with E-state index in [1.54, 1.807) is 0 Å². The molecule has 50 valence electrons. The second kappa shape index (κ2) is 4.13. The summed E-state index contributed by atoms with van der Waals surface area (Å²) in [6.07, 6.45) is 2.82. The maximum atomic E-state index is 2.43. The Kier molecular flexibility index (Phi) is 4.24. The van der Waals surface area contributed by atoms with Gasteiger partial charge in [0.2, 0.25) is 0 Å². The molecule has 0 nitrogen and oxygen atoms in total. The minimum Gasteiger partial charge on any atom is -0.0720 e. The lowest BCUT2D eigenvalue weighted by Crippen LogP contribution is -2.07. The lowest BCUT2D eigenvalue weighted by atomic mass is 10.3. The lowest BCUT2D eigenvalue weighted by molar-refractivity contribution is 0.756. The molecule has 0 saturated heterocycles. The van der Waals surface area contributed by atoms with Gasteiger partial charge in [-0.15, -0.1) is 0 Å². The Balaban J connectivity index is 3.17. The second-order valence-electron chi connectivity index (χ2n) is 3.01. The molecule has 0 aromatic heterocycles. The van der Waals surface area contributed by atoms with Crippen molar-refractivity contribution < 1.29 is 0 Å². The van der Waals surface area contributed by atoms with Crippen molar-refractivity contribution in [3.63, 3.8) is 0 Å². The maximum absolute atomic E-state index is 2.43. The van der Waals surface area contributed by atoms with E-state index < -0.39 is 0 Å². The first-order valence-electron chi connectivity index (χ1n) is 3.68. The van der Waals surface area contributed by atoms with Crippen molar-refractivity contribution in [2.75, 3.05) is 0 Å². The van der Waals surface area contributed by atoms with E-state index in [9.17, 15) is 0 Å². The summed E-state index contributed by atoms with van der Waals surface area (Å²) in [5.41, 5.74) is 1.06. The van der Waals surface area contributed by atoms with Crippen molar-refractivity contribution in [3.8, 4) is 0 Å². The average Bonchev–Trinajstić information content (AvgIpc) is 1.67. The van der Waals surface area contributed by atoms with Crippen LogP contribution in [-0.2, 0) is 0 Å². The summed E-state index contributed by atoms with van der Waals surface area (Å²) < 4.78 is 0. The van der Waals surface area contributed by atoms with Crippen LogP contribution in [0.3, 0.4) is 0 Å². The van der Waals surface area contributed by atoms with Crippen LogP contribution in [0.4, 0.5) is 0 Å². The first kappa shape index (κ1) is 8.22. The van der Waals surface area contributed by atoms with Gasteiger partial charge in [-0.25, -0.2) is 0 Å². The Hall–Kier alpha value is 0.217. The first-order valence-corrected chi connectivity index (χ1v) is 6.66. The summed E-state index contributed by atoms with van der Waals surface area (Å²) in [6, 6.07) is 0. The predicted molar refractivity (Wildman–Crippen MR) is 43.2 cm³/mol. The molecule has 0 radical (unpaired) electrons. The first-order chi connectivity index (χ1) is 3.68. The van der Waals surface area contributed by atoms with E-state index in [4.69, 9.17) is 0 Å². The number of hydrogen-bond donors (Lipinski definition) is 0. The largest absolute Gasteiger partial charge is 0.0720 e. The second-order valence-corrected chi connectivity index (χ2v) is 6.64. The van der Waals surface area contributed by atoms with E-state index in [1.807, 2.05) is 0 Å². The zero-order valence-corrected chi connectivity index (χ0v) is 7.72. The van der Waals surface area contributed by atoms with Crippen LogP contribution in [0.1, 0.15) is 26.7 Å². The van der Waals surface area contributed by atoms with E-state index in [1.165, 1.54) is 12.8 Å². The molecule has 0 aromatic carbocycles. The zero-order valence-electron chi connectivity index (χ0n) is 6.57. The molecule has 0 heterocycles. The molecule has 0 aliphatic rings. The van der Waals surface area contributed by atoms with Crippen molar-refractivity contribution in [2.45, 2.75) is 45.3 Å². The average molecular weight is 130 g/mol. The van der Waals surface area contributed by atoms with Crippen LogP contribution in [0.15, 0.2) is 0 Å². The van der Waals surface area contributed by atoms with E-state index in [-0.39, 0.29) is 8.80 Å². The van der Waals surface area contributed by atoms with Gasteiger partial charge in [0.15, 0.2) is 0 Å². The molecule has 1 unspecified atom stereocenters. The van der Waals surface area contributed by atoms with Crippen LogP contribution in [-0.4, -0.2) is 8.80 Å². The van der Waals surface area contributed by atoms with Gasteiger partial charge in [0.05, 0.1) is 0 Å². The van der Waals surface area contributed by atoms with Crippen LogP contribution in [0.5, 0.6) is 0 Å². The van der Waals surface area contributed by atoms with Gasteiger partial charge in [-0.1, -0.05) is 45.3 Å². The molecule has 0 bridgehead atoms. The highest BCUT2D eigenvalue weighted by Crippen LogP contribution is 2.15. The van der Waals surface area contributed by atoms with E-state index in [2.05, 4.69) is 26.9 Å². The van der Waals surface area contributed by atoms with Crippen molar-refractivity contribution in [3.05, 3.63) is 0 Å².